The molecule has 0 aromatic heterocycles. The van der Waals surface area contributed by atoms with E-state index < -0.39 is 37.3 Å². The number of hydrogen-bond donors (Lipinski definition) is 1. The lowest BCUT2D eigenvalue weighted by molar-refractivity contribution is -0.162. The average Bonchev–Trinajstić information content (AvgIpc) is 2.60. The number of likely N-dealkylation sites (tertiary alicyclic amines) is 1. The van der Waals surface area contributed by atoms with Crippen LogP contribution in [0.1, 0.15) is 12.8 Å². The van der Waals surface area contributed by atoms with Gasteiger partial charge < -0.3 is 19.7 Å². The first kappa shape index (κ1) is 20.7. The zero-order valence-electron chi connectivity index (χ0n) is 14.0. The lowest BCUT2D eigenvalue weighted by Gasteiger charge is -2.30. The van der Waals surface area contributed by atoms with Crippen LogP contribution in [-0.4, -0.2) is 49.4 Å². The summed E-state index contributed by atoms with van der Waals surface area (Å²) in [4.78, 5) is 25.0. The molecule has 0 spiro atoms. The van der Waals surface area contributed by atoms with Gasteiger partial charge in [-0.3, -0.25) is 4.79 Å². The SMILES string of the molecule is O=C(Nc1ccccc1OC(F)F)C1CCN(C(=O)OCC(F)(F)F)CC1. The van der Waals surface area contributed by atoms with Gasteiger partial charge in [-0.15, -0.1) is 0 Å². The van der Waals surface area contributed by atoms with Crippen LogP contribution < -0.4 is 10.1 Å². The Labute approximate surface area is 151 Å². The summed E-state index contributed by atoms with van der Waals surface area (Å²) in [5.41, 5.74) is 0.0785. The molecule has 150 valence electrons. The van der Waals surface area contributed by atoms with Crippen molar-refractivity contribution < 1.29 is 41.0 Å². The zero-order valence-corrected chi connectivity index (χ0v) is 14.0. The van der Waals surface area contributed by atoms with Gasteiger partial charge in [-0.25, -0.2) is 4.79 Å². The fourth-order valence-electron chi connectivity index (χ4n) is 2.56. The number of carbonyl (C=O) groups is 2. The summed E-state index contributed by atoms with van der Waals surface area (Å²) in [5.74, 6) is -1.17. The average molecular weight is 396 g/mol. The highest BCUT2D eigenvalue weighted by atomic mass is 19.4. The maximum absolute atomic E-state index is 12.4. The first-order valence-corrected chi connectivity index (χ1v) is 7.99. The van der Waals surface area contributed by atoms with Crippen LogP contribution in [-0.2, 0) is 9.53 Å². The predicted molar refractivity (Wildman–Crippen MR) is 83.4 cm³/mol. The predicted octanol–water partition coefficient (Wildman–Crippen LogP) is 3.64. The molecule has 11 heteroatoms. The third kappa shape index (κ3) is 6.57. The molecule has 0 aliphatic carbocycles. The van der Waals surface area contributed by atoms with E-state index in [9.17, 15) is 31.5 Å². The standard InChI is InChI=1S/C16H17F5N2O4/c17-14(18)27-12-4-2-1-3-11(12)22-13(24)10-5-7-23(8-6-10)15(25)26-9-16(19,20)21/h1-4,10,14H,5-9H2,(H,22,24). The second-order valence-electron chi connectivity index (χ2n) is 5.79. The Morgan fingerprint density at radius 3 is 2.41 bits per heavy atom. The number of para-hydroxylation sites is 2. The van der Waals surface area contributed by atoms with Gasteiger partial charge in [0.05, 0.1) is 5.69 Å². The first-order chi connectivity index (χ1) is 12.7. The van der Waals surface area contributed by atoms with Crippen LogP contribution in [0, 0.1) is 5.92 Å². The van der Waals surface area contributed by atoms with Gasteiger partial charge in [-0.1, -0.05) is 12.1 Å². The minimum absolute atomic E-state index is 0.0456. The number of anilines is 1. The smallest absolute Gasteiger partial charge is 0.422 e. The molecule has 1 heterocycles. The van der Waals surface area contributed by atoms with Crippen molar-refractivity contribution in [3.05, 3.63) is 24.3 Å². The summed E-state index contributed by atoms with van der Waals surface area (Å²) in [6.45, 7) is -4.63. The van der Waals surface area contributed by atoms with Gasteiger partial charge in [0.1, 0.15) is 5.75 Å². The molecule has 1 saturated heterocycles. The Morgan fingerprint density at radius 2 is 1.81 bits per heavy atom. The molecular formula is C16H17F5N2O4. The Kier molecular flexibility index (Phi) is 6.81. The van der Waals surface area contributed by atoms with Gasteiger partial charge >= 0.3 is 18.9 Å². The molecule has 0 atom stereocenters. The van der Waals surface area contributed by atoms with E-state index in [2.05, 4.69) is 14.8 Å². The topological polar surface area (TPSA) is 67.9 Å². The van der Waals surface area contributed by atoms with E-state index in [1.165, 1.54) is 24.3 Å². The Bertz CT molecular complexity index is 660. The normalized spacial score (nSPS) is 15.6. The number of nitrogens with one attached hydrogen (secondary N) is 1. The molecule has 1 fully saturated rings. The van der Waals surface area contributed by atoms with Crippen LogP contribution in [0.25, 0.3) is 0 Å². The van der Waals surface area contributed by atoms with Crippen molar-refractivity contribution in [1.29, 1.82) is 0 Å². The number of halogens is 5. The highest BCUT2D eigenvalue weighted by Crippen LogP contribution is 2.27. The van der Waals surface area contributed by atoms with E-state index in [0.717, 1.165) is 4.90 Å². The first-order valence-electron chi connectivity index (χ1n) is 7.99. The molecule has 2 amide bonds. The molecule has 1 aliphatic heterocycles. The largest absolute Gasteiger partial charge is 0.440 e. The second kappa shape index (κ2) is 8.87. The van der Waals surface area contributed by atoms with Crippen LogP contribution in [0.2, 0.25) is 0 Å². The minimum atomic E-state index is -4.61. The highest BCUT2D eigenvalue weighted by Gasteiger charge is 2.33. The molecule has 2 rings (SSSR count). The van der Waals surface area contributed by atoms with Crippen molar-refractivity contribution in [2.75, 3.05) is 25.0 Å². The zero-order chi connectivity index (χ0) is 20.0. The van der Waals surface area contributed by atoms with Crippen LogP contribution in [0.15, 0.2) is 24.3 Å². The number of carbonyl (C=O) groups excluding carboxylic acids is 2. The van der Waals surface area contributed by atoms with E-state index >= 15 is 0 Å². The molecule has 1 aromatic rings. The van der Waals surface area contributed by atoms with E-state index in [1.807, 2.05) is 0 Å². The molecular weight excluding hydrogens is 379 g/mol. The quantitative estimate of drug-likeness (QED) is 0.772. The van der Waals surface area contributed by atoms with E-state index in [-0.39, 0.29) is 37.4 Å². The summed E-state index contributed by atoms with van der Waals surface area (Å²) < 4.78 is 69.5. The number of piperidine rings is 1. The number of alkyl halides is 5. The van der Waals surface area contributed by atoms with E-state index in [4.69, 9.17) is 0 Å². The van der Waals surface area contributed by atoms with Crippen molar-refractivity contribution in [1.82, 2.24) is 4.90 Å². The van der Waals surface area contributed by atoms with E-state index in [0.29, 0.717) is 0 Å². The lowest BCUT2D eigenvalue weighted by atomic mass is 9.96. The number of amides is 2. The van der Waals surface area contributed by atoms with Gasteiger partial charge in [0.2, 0.25) is 5.91 Å². The highest BCUT2D eigenvalue weighted by molar-refractivity contribution is 5.94. The van der Waals surface area contributed by atoms with Crippen molar-refractivity contribution in [2.24, 2.45) is 5.92 Å². The van der Waals surface area contributed by atoms with Crippen LogP contribution in [0.4, 0.5) is 32.4 Å². The van der Waals surface area contributed by atoms with Crippen LogP contribution in [0.3, 0.4) is 0 Å². The van der Waals surface area contributed by atoms with E-state index in [1.54, 1.807) is 0 Å². The molecule has 1 aliphatic rings. The van der Waals surface area contributed by atoms with Crippen molar-refractivity contribution in [2.45, 2.75) is 25.6 Å². The monoisotopic (exact) mass is 396 g/mol. The van der Waals surface area contributed by atoms with Gasteiger partial charge in [0.15, 0.2) is 6.61 Å². The number of nitrogens with zero attached hydrogens (tertiary/aromatic N) is 1. The molecule has 0 radical (unpaired) electrons. The molecule has 1 N–H and O–H groups in total. The molecule has 0 bridgehead atoms. The minimum Gasteiger partial charge on any atom is -0.440 e. The third-order valence-corrected chi connectivity index (χ3v) is 3.84. The number of benzene rings is 1. The Hall–Kier alpha value is -2.59. The van der Waals surface area contributed by atoms with Crippen molar-refractivity contribution in [3.8, 4) is 5.75 Å². The molecule has 1 aromatic carbocycles. The Balaban J connectivity index is 1.86. The maximum Gasteiger partial charge on any atom is 0.422 e. The fraction of sp³-hybridized carbons (Fsp3) is 0.500. The van der Waals surface area contributed by atoms with Crippen LogP contribution in [0.5, 0.6) is 5.75 Å². The summed E-state index contributed by atoms with van der Waals surface area (Å²) in [5, 5.41) is 2.49. The number of hydrogen-bond acceptors (Lipinski definition) is 4. The number of ether oxygens (including phenoxy) is 2. The van der Waals surface area contributed by atoms with Crippen molar-refractivity contribution in [3.63, 3.8) is 0 Å². The van der Waals surface area contributed by atoms with Crippen LogP contribution >= 0.6 is 0 Å². The maximum atomic E-state index is 12.4. The fourth-order valence-corrected chi connectivity index (χ4v) is 2.56. The molecule has 0 unspecified atom stereocenters. The summed E-state index contributed by atoms with van der Waals surface area (Å²) >= 11 is 0. The van der Waals surface area contributed by atoms with Gasteiger partial charge in [0, 0.05) is 19.0 Å². The van der Waals surface area contributed by atoms with Gasteiger partial charge in [0.25, 0.3) is 0 Å². The number of rotatable bonds is 5. The summed E-state index contributed by atoms with van der Waals surface area (Å²) in [7, 11) is 0. The van der Waals surface area contributed by atoms with Gasteiger partial charge in [-0.2, -0.15) is 22.0 Å². The third-order valence-electron chi connectivity index (χ3n) is 3.84. The molecule has 0 saturated carbocycles. The van der Waals surface area contributed by atoms with Gasteiger partial charge in [-0.05, 0) is 25.0 Å². The molecule has 27 heavy (non-hydrogen) atoms. The summed E-state index contributed by atoms with van der Waals surface area (Å²) in [6.07, 6.45) is -5.31. The second-order valence-corrected chi connectivity index (χ2v) is 5.79. The lowest BCUT2D eigenvalue weighted by Crippen LogP contribution is -2.42. The van der Waals surface area contributed by atoms with Crippen molar-refractivity contribution >= 4 is 17.7 Å². The molecule has 6 nitrogen and oxygen atoms in total. The Morgan fingerprint density at radius 1 is 1.19 bits per heavy atom. The summed E-state index contributed by atoms with van der Waals surface area (Å²) in [6, 6.07) is 5.69.